The molecule has 0 saturated heterocycles. The highest BCUT2D eigenvalue weighted by atomic mass is 32.1. The third-order valence-corrected chi connectivity index (χ3v) is 6.46. The van der Waals surface area contributed by atoms with Gasteiger partial charge in [-0.25, -0.2) is 4.68 Å². The molecule has 7 heteroatoms. The summed E-state index contributed by atoms with van der Waals surface area (Å²) < 4.78 is 4.26. The van der Waals surface area contributed by atoms with Crippen molar-refractivity contribution >= 4 is 33.0 Å². The van der Waals surface area contributed by atoms with Gasteiger partial charge in [0.2, 0.25) is 5.91 Å². The summed E-state index contributed by atoms with van der Waals surface area (Å²) in [4.78, 5) is 25.7. The fourth-order valence-electron chi connectivity index (χ4n) is 4.00. The van der Waals surface area contributed by atoms with Crippen LogP contribution >= 0.6 is 11.3 Å². The van der Waals surface area contributed by atoms with Crippen LogP contribution < -0.4 is 10.9 Å². The summed E-state index contributed by atoms with van der Waals surface area (Å²) in [6, 6.07) is 3.44. The summed E-state index contributed by atoms with van der Waals surface area (Å²) in [5, 5.41) is 9.59. The smallest absolute Gasteiger partial charge is 0.291 e. The summed E-state index contributed by atoms with van der Waals surface area (Å²) in [5.74, 6) is 1.06. The van der Waals surface area contributed by atoms with Crippen molar-refractivity contribution in [2.24, 2.45) is 5.92 Å². The maximum absolute atomic E-state index is 13.0. The molecule has 1 N–H and O–H groups in total. The van der Waals surface area contributed by atoms with Gasteiger partial charge in [0.25, 0.3) is 5.56 Å². The van der Waals surface area contributed by atoms with E-state index in [2.05, 4.69) is 17.3 Å². The highest BCUT2D eigenvalue weighted by Crippen LogP contribution is 2.25. The van der Waals surface area contributed by atoms with E-state index in [0.717, 1.165) is 29.5 Å². The molecule has 0 aromatic carbocycles. The van der Waals surface area contributed by atoms with Crippen molar-refractivity contribution < 1.29 is 4.79 Å². The second-order valence-corrected chi connectivity index (χ2v) is 8.33. The fraction of sp³-hybridized carbons (Fsp3) is 0.526. The molecule has 3 heterocycles. The Morgan fingerprint density at radius 2 is 2.12 bits per heavy atom. The first kappa shape index (κ1) is 17.3. The number of fused-ring (bicyclic) bond motifs is 3. The standard InChI is InChI=1S/C19H24N4O2S/c1-11-6-4-5-7-14(11)20-18(24)12(2)23-19(25)16-10-17-15(8-9-26-17)22(16)13(3)21-23/h8-12,14H,4-7H2,1-3H3,(H,20,24)/t11-,12-,14-/m1/s1. The van der Waals surface area contributed by atoms with E-state index in [1.807, 2.05) is 28.8 Å². The van der Waals surface area contributed by atoms with E-state index in [1.54, 1.807) is 18.3 Å². The lowest BCUT2D eigenvalue weighted by Crippen LogP contribution is -2.45. The maximum Gasteiger partial charge on any atom is 0.291 e. The number of carbonyl (C=O) groups excluding carboxylic acids is 1. The van der Waals surface area contributed by atoms with Crippen LogP contribution in [-0.2, 0) is 4.79 Å². The van der Waals surface area contributed by atoms with Crippen LogP contribution in [0.3, 0.4) is 0 Å². The van der Waals surface area contributed by atoms with Crippen LogP contribution in [0, 0.1) is 12.8 Å². The van der Waals surface area contributed by atoms with Crippen LogP contribution in [0.15, 0.2) is 22.3 Å². The second-order valence-electron chi connectivity index (χ2n) is 7.38. The summed E-state index contributed by atoms with van der Waals surface area (Å²) >= 11 is 1.60. The molecule has 0 bridgehead atoms. The Labute approximate surface area is 155 Å². The lowest BCUT2D eigenvalue weighted by molar-refractivity contribution is -0.125. The molecule has 1 aliphatic carbocycles. The van der Waals surface area contributed by atoms with Gasteiger partial charge in [0.05, 0.1) is 10.2 Å². The Morgan fingerprint density at radius 1 is 1.35 bits per heavy atom. The Morgan fingerprint density at radius 3 is 2.88 bits per heavy atom. The lowest BCUT2D eigenvalue weighted by atomic mass is 9.86. The Bertz CT molecular complexity index is 1030. The summed E-state index contributed by atoms with van der Waals surface area (Å²) in [6.07, 6.45) is 4.53. The number of thiophene rings is 1. The third-order valence-electron chi connectivity index (χ3n) is 5.61. The molecule has 1 aliphatic rings. The van der Waals surface area contributed by atoms with Gasteiger partial charge >= 0.3 is 0 Å². The van der Waals surface area contributed by atoms with Crippen LogP contribution in [0.25, 0.3) is 15.7 Å². The van der Waals surface area contributed by atoms with Crippen molar-refractivity contribution in [1.82, 2.24) is 19.5 Å². The maximum atomic E-state index is 13.0. The first-order valence-corrected chi connectivity index (χ1v) is 10.1. The van der Waals surface area contributed by atoms with Crippen LogP contribution in [-0.4, -0.2) is 26.1 Å². The summed E-state index contributed by atoms with van der Waals surface area (Å²) in [5.41, 5.74) is 1.34. The summed E-state index contributed by atoms with van der Waals surface area (Å²) in [6.45, 7) is 5.80. The van der Waals surface area contributed by atoms with E-state index in [4.69, 9.17) is 0 Å². The van der Waals surface area contributed by atoms with E-state index >= 15 is 0 Å². The molecule has 0 unspecified atom stereocenters. The second kappa shape index (κ2) is 6.54. The van der Waals surface area contributed by atoms with Gasteiger partial charge in [-0.1, -0.05) is 19.8 Å². The zero-order chi connectivity index (χ0) is 18.4. The highest BCUT2D eigenvalue weighted by molar-refractivity contribution is 7.17. The molecule has 0 spiro atoms. The van der Waals surface area contributed by atoms with E-state index in [0.29, 0.717) is 17.3 Å². The number of hydrogen-bond donors (Lipinski definition) is 1. The molecule has 3 aromatic heterocycles. The first-order chi connectivity index (χ1) is 12.5. The van der Waals surface area contributed by atoms with Gasteiger partial charge in [0.1, 0.15) is 17.4 Å². The molecule has 3 aromatic rings. The Hall–Kier alpha value is -2.15. The lowest BCUT2D eigenvalue weighted by Gasteiger charge is -2.30. The number of aromatic nitrogens is 3. The average Bonchev–Trinajstić information content (AvgIpc) is 3.20. The number of rotatable bonds is 3. The minimum Gasteiger partial charge on any atom is -0.351 e. The van der Waals surface area contributed by atoms with Crippen molar-refractivity contribution in [2.45, 2.75) is 58.5 Å². The third kappa shape index (κ3) is 2.74. The largest absolute Gasteiger partial charge is 0.351 e. The molecule has 4 rings (SSSR count). The van der Waals surface area contributed by atoms with Crippen molar-refractivity contribution in [3.63, 3.8) is 0 Å². The normalized spacial score (nSPS) is 22.0. The quantitative estimate of drug-likeness (QED) is 0.767. The highest BCUT2D eigenvalue weighted by Gasteiger charge is 2.27. The number of nitrogens with zero attached hydrogens (tertiary/aromatic N) is 3. The first-order valence-electron chi connectivity index (χ1n) is 9.26. The van der Waals surface area contributed by atoms with Gasteiger partial charge in [-0.2, -0.15) is 5.10 Å². The van der Waals surface area contributed by atoms with E-state index < -0.39 is 6.04 Å². The van der Waals surface area contributed by atoms with Crippen molar-refractivity contribution in [3.05, 3.63) is 33.7 Å². The Kier molecular flexibility index (Phi) is 4.34. The van der Waals surface area contributed by atoms with E-state index in [-0.39, 0.29) is 17.5 Å². The Balaban J connectivity index is 1.68. The zero-order valence-electron chi connectivity index (χ0n) is 15.4. The molecule has 3 atom stereocenters. The molecular formula is C19H24N4O2S. The molecule has 6 nitrogen and oxygen atoms in total. The number of carbonyl (C=O) groups is 1. The van der Waals surface area contributed by atoms with Gasteiger partial charge in [0, 0.05) is 6.04 Å². The molecule has 1 fully saturated rings. The van der Waals surface area contributed by atoms with Crippen LogP contribution in [0.2, 0.25) is 0 Å². The predicted molar refractivity (Wildman–Crippen MR) is 104 cm³/mol. The zero-order valence-corrected chi connectivity index (χ0v) is 16.2. The molecule has 138 valence electrons. The molecule has 1 saturated carbocycles. The van der Waals surface area contributed by atoms with Gasteiger partial charge in [-0.3, -0.25) is 14.0 Å². The molecular weight excluding hydrogens is 348 g/mol. The topological polar surface area (TPSA) is 68.4 Å². The van der Waals surface area contributed by atoms with Crippen molar-refractivity contribution in [3.8, 4) is 0 Å². The molecule has 1 amide bonds. The van der Waals surface area contributed by atoms with Crippen LogP contribution in [0.5, 0.6) is 0 Å². The average molecular weight is 372 g/mol. The van der Waals surface area contributed by atoms with E-state index in [1.165, 1.54) is 11.1 Å². The number of amides is 1. The van der Waals surface area contributed by atoms with Crippen LogP contribution in [0.4, 0.5) is 0 Å². The monoisotopic (exact) mass is 372 g/mol. The van der Waals surface area contributed by atoms with E-state index in [9.17, 15) is 9.59 Å². The van der Waals surface area contributed by atoms with Gasteiger partial charge in [0.15, 0.2) is 0 Å². The van der Waals surface area contributed by atoms with Gasteiger partial charge < -0.3 is 5.32 Å². The van der Waals surface area contributed by atoms with Gasteiger partial charge in [-0.05, 0) is 50.1 Å². The predicted octanol–water partition coefficient (Wildman–Crippen LogP) is 3.28. The minimum atomic E-state index is -0.631. The van der Waals surface area contributed by atoms with Crippen LogP contribution in [0.1, 0.15) is 51.4 Å². The van der Waals surface area contributed by atoms with Crippen molar-refractivity contribution in [1.29, 1.82) is 0 Å². The minimum absolute atomic E-state index is 0.129. The van der Waals surface area contributed by atoms with Crippen molar-refractivity contribution in [2.75, 3.05) is 0 Å². The number of hydrogen-bond acceptors (Lipinski definition) is 4. The molecule has 0 radical (unpaired) electrons. The summed E-state index contributed by atoms with van der Waals surface area (Å²) in [7, 11) is 0. The van der Waals surface area contributed by atoms with Gasteiger partial charge in [-0.15, -0.1) is 11.3 Å². The molecule has 26 heavy (non-hydrogen) atoms. The molecule has 0 aliphatic heterocycles. The SMILES string of the molecule is Cc1nn([C@H](C)C(=O)N[C@@H]2CCCC[C@H]2C)c(=O)c2cc3sccc3n12. The number of nitrogens with one attached hydrogen (secondary N) is 1. The number of aryl methyl sites for hydroxylation is 1. The fourth-order valence-corrected chi connectivity index (χ4v) is 4.81.